The van der Waals surface area contributed by atoms with Crippen molar-refractivity contribution >= 4 is 17.2 Å². The third-order valence-electron chi connectivity index (χ3n) is 3.67. The van der Waals surface area contributed by atoms with Gasteiger partial charge in [0.15, 0.2) is 12.5 Å². The van der Waals surface area contributed by atoms with E-state index in [1.165, 1.54) is 12.3 Å². The first kappa shape index (κ1) is 14.1. The second-order valence-corrected chi connectivity index (χ2v) is 4.99. The second kappa shape index (κ2) is 5.14. The molecule has 1 aliphatic rings. The first-order chi connectivity index (χ1) is 10.0. The van der Waals surface area contributed by atoms with E-state index in [0.717, 1.165) is 25.3 Å². The largest absolute Gasteiger partial charge is 0.417 e. The molecule has 3 rings (SSSR count). The van der Waals surface area contributed by atoms with Gasteiger partial charge in [-0.05, 0) is 31.4 Å². The van der Waals surface area contributed by atoms with Crippen LogP contribution in [0.5, 0.6) is 0 Å². The Morgan fingerprint density at radius 2 is 2.14 bits per heavy atom. The first-order valence-electron chi connectivity index (χ1n) is 6.66. The average Bonchev–Trinajstić information content (AvgIpc) is 2.90. The summed E-state index contributed by atoms with van der Waals surface area (Å²) in [6, 6.07) is 2.27. The van der Waals surface area contributed by atoms with Crippen molar-refractivity contribution in [1.82, 2.24) is 9.78 Å². The van der Waals surface area contributed by atoms with Crippen LogP contribution >= 0.6 is 0 Å². The highest BCUT2D eigenvalue weighted by molar-refractivity contribution is 5.98. The van der Waals surface area contributed by atoms with E-state index in [4.69, 9.17) is 4.74 Å². The smallest absolute Gasteiger partial charge is 0.356 e. The number of ether oxygens (including phenoxy) is 1. The number of hydrogen-bond acceptors (Lipinski definition) is 3. The highest BCUT2D eigenvalue weighted by Crippen LogP contribution is 2.36. The minimum Gasteiger partial charge on any atom is -0.356 e. The number of aromatic nitrogens is 2. The summed E-state index contributed by atoms with van der Waals surface area (Å²) >= 11 is 0. The predicted molar refractivity (Wildman–Crippen MR) is 69.0 cm³/mol. The minimum atomic E-state index is -4.56. The molecule has 1 aromatic heterocycles. The first-order valence-corrected chi connectivity index (χ1v) is 6.66. The zero-order chi connectivity index (χ0) is 15.0. The highest BCUT2D eigenvalue weighted by Gasteiger charge is 2.34. The fraction of sp³-hybridized carbons (Fsp3) is 0.429. The van der Waals surface area contributed by atoms with Crippen LogP contribution in [0.2, 0.25) is 0 Å². The molecular weight excluding hydrogens is 285 g/mol. The van der Waals surface area contributed by atoms with E-state index in [1.807, 2.05) is 0 Å². The summed E-state index contributed by atoms with van der Waals surface area (Å²) in [5, 5.41) is 4.32. The Balaban J connectivity index is 2.13. The lowest BCUT2D eigenvalue weighted by atomic mass is 10.0. The van der Waals surface area contributed by atoms with Gasteiger partial charge in [0.1, 0.15) is 0 Å². The number of alkyl halides is 3. The molecule has 1 aromatic carbocycles. The molecule has 2 aromatic rings. The van der Waals surface area contributed by atoms with Crippen molar-refractivity contribution < 1.29 is 22.7 Å². The van der Waals surface area contributed by atoms with Crippen molar-refractivity contribution in [2.45, 2.75) is 31.7 Å². The molecule has 7 heteroatoms. The second-order valence-electron chi connectivity index (χ2n) is 4.99. The molecular formula is C14H13F3N2O2. The molecule has 0 aliphatic carbocycles. The number of halogens is 3. The standard InChI is InChI=1S/C14H13F3N2O2/c15-14(16,17)11-4-5-12-9(10(11)8-20)7-18-19(12)13-3-1-2-6-21-13/h4-5,7-8,13H,1-3,6H2. The number of hydrogen-bond donors (Lipinski definition) is 0. The van der Waals surface area contributed by atoms with Gasteiger partial charge in [-0.1, -0.05) is 0 Å². The molecule has 21 heavy (non-hydrogen) atoms. The molecule has 1 aliphatic heterocycles. The maximum atomic E-state index is 12.9. The average molecular weight is 298 g/mol. The summed E-state index contributed by atoms with van der Waals surface area (Å²) in [4.78, 5) is 11.1. The summed E-state index contributed by atoms with van der Waals surface area (Å²) in [5.74, 6) is 0. The lowest BCUT2D eigenvalue weighted by Crippen LogP contribution is -2.19. The van der Waals surface area contributed by atoms with Crippen molar-refractivity contribution in [2.75, 3.05) is 6.61 Å². The Labute approximate surface area is 118 Å². The van der Waals surface area contributed by atoms with Crippen LogP contribution < -0.4 is 0 Å². The number of carbonyl (C=O) groups is 1. The summed E-state index contributed by atoms with van der Waals surface area (Å²) in [7, 11) is 0. The number of benzene rings is 1. The Morgan fingerprint density at radius 1 is 1.33 bits per heavy atom. The fourth-order valence-electron chi connectivity index (χ4n) is 2.66. The summed E-state index contributed by atoms with van der Waals surface area (Å²) in [6.45, 7) is 0.604. The quantitative estimate of drug-likeness (QED) is 0.796. The van der Waals surface area contributed by atoms with Gasteiger partial charge in [-0.3, -0.25) is 4.79 Å². The maximum absolute atomic E-state index is 12.9. The number of nitrogens with zero attached hydrogens (tertiary/aromatic N) is 2. The Hall–Kier alpha value is -1.89. The van der Waals surface area contributed by atoms with Crippen LogP contribution in [0, 0.1) is 0 Å². The van der Waals surface area contributed by atoms with Crippen molar-refractivity contribution in [3.05, 3.63) is 29.5 Å². The van der Waals surface area contributed by atoms with Crippen LogP contribution in [0.3, 0.4) is 0 Å². The maximum Gasteiger partial charge on any atom is 0.417 e. The molecule has 4 nitrogen and oxygen atoms in total. The topological polar surface area (TPSA) is 44.1 Å². The van der Waals surface area contributed by atoms with E-state index in [2.05, 4.69) is 5.10 Å². The molecule has 0 saturated carbocycles. The van der Waals surface area contributed by atoms with E-state index >= 15 is 0 Å². The Kier molecular flexibility index (Phi) is 3.44. The molecule has 0 N–H and O–H groups in total. The minimum absolute atomic E-state index is 0.203. The van der Waals surface area contributed by atoms with E-state index < -0.39 is 11.7 Å². The molecule has 1 fully saturated rings. The number of fused-ring (bicyclic) bond motifs is 1. The van der Waals surface area contributed by atoms with Gasteiger partial charge < -0.3 is 4.74 Å². The highest BCUT2D eigenvalue weighted by atomic mass is 19.4. The molecule has 1 saturated heterocycles. The summed E-state index contributed by atoms with van der Waals surface area (Å²) in [6.07, 6.45) is -0.610. The van der Waals surface area contributed by atoms with Crippen molar-refractivity contribution in [3.63, 3.8) is 0 Å². The molecule has 1 atom stereocenters. The zero-order valence-electron chi connectivity index (χ0n) is 11.1. The monoisotopic (exact) mass is 298 g/mol. The van der Waals surface area contributed by atoms with Crippen molar-refractivity contribution in [3.8, 4) is 0 Å². The third-order valence-corrected chi connectivity index (χ3v) is 3.67. The van der Waals surface area contributed by atoms with E-state index in [0.29, 0.717) is 12.1 Å². The van der Waals surface area contributed by atoms with Crippen LogP contribution in [0.4, 0.5) is 13.2 Å². The fourth-order valence-corrected chi connectivity index (χ4v) is 2.66. The lowest BCUT2D eigenvalue weighted by Gasteiger charge is -2.23. The van der Waals surface area contributed by atoms with E-state index in [1.54, 1.807) is 4.68 Å². The summed E-state index contributed by atoms with van der Waals surface area (Å²) in [5.41, 5.74) is -0.826. The van der Waals surface area contributed by atoms with Crippen LogP contribution in [-0.4, -0.2) is 22.7 Å². The molecule has 1 unspecified atom stereocenters. The SMILES string of the molecule is O=Cc1c(C(F)(F)F)ccc2c1cnn2C1CCCCO1. The van der Waals surface area contributed by atoms with Gasteiger partial charge in [-0.2, -0.15) is 18.3 Å². The number of carbonyl (C=O) groups excluding carboxylic acids is 1. The van der Waals surface area contributed by atoms with Gasteiger partial charge in [-0.15, -0.1) is 0 Å². The molecule has 112 valence electrons. The lowest BCUT2D eigenvalue weighted by molar-refractivity contribution is -0.137. The molecule has 2 heterocycles. The van der Waals surface area contributed by atoms with Crippen LogP contribution in [0.1, 0.15) is 41.4 Å². The van der Waals surface area contributed by atoms with Crippen LogP contribution in [-0.2, 0) is 10.9 Å². The van der Waals surface area contributed by atoms with Gasteiger partial charge in [0.05, 0.1) is 17.3 Å². The van der Waals surface area contributed by atoms with E-state index in [-0.39, 0.29) is 23.5 Å². The molecule has 0 spiro atoms. The van der Waals surface area contributed by atoms with Gasteiger partial charge >= 0.3 is 6.18 Å². The molecule has 0 amide bonds. The van der Waals surface area contributed by atoms with Crippen LogP contribution in [0.25, 0.3) is 10.9 Å². The van der Waals surface area contributed by atoms with Crippen LogP contribution in [0.15, 0.2) is 18.3 Å². The van der Waals surface area contributed by atoms with Gasteiger partial charge in [0.2, 0.25) is 0 Å². The normalized spacial score (nSPS) is 19.9. The Bertz CT molecular complexity index is 673. The molecule has 0 radical (unpaired) electrons. The zero-order valence-corrected chi connectivity index (χ0v) is 11.1. The summed E-state index contributed by atoms with van der Waals surface area (Å²) < 4.78 is 45.9. The van der Waals surface area contributed by atoms with Crippen molar-refractivity contribution in [2.24, 2.45) is 0 Å². The number of rotatable bonds is 2. The molecule has 0 bridgehead atoms. The Morgan fingerprint density at radius 3 is 2.76 bits per heavy atom. The third kappa shape index (κ3) is 2.42. The van der Waals surface area contributed by atoms with E-state index in [9.17, 15) is 18.0 Å². The van der Waals surface area contributed by atoms with Gasteiger partial charge in [-0.25, -0.2) is 4.68 Å². The number of aldehydes is 1. The van der Waals surface area contributed by atoms with Gasteiger partial charge in [0.25, 0.3) is 0 Å². The van der Waals surface area contributed by atoms with Gasteiger partial charge in [0, 0.05) is 17.6 Å². The van der Waals surface area contributed by atoms with Crippen molar-refractivity contribution in [1.29, 1.82) is 0 Å². The predicted octanol–water partition coefficient (Wildman–Crippen LogP) is 3.57.